The molecule has 2 rings (SSSR count). The van der Waals surface area contributed by atoms with Crippen LogP contribution in [0.4, 0.5) is 13.2 Å². The first-order valence-corrected chi connectivity index (χ1v) is 7.33. The van der Waals surface area contributed by atoms with Gasteiger partial charge in [-0.05, 0) is 50.5 Å². The average Bonchev–Trinajstić information content (AvgIpc) is 3.12. The van der Waals surface area contributed by atoms with Crippen LogP contribution in [0.25, 0.3) is 0 Å². The smallest absolute Gasteiger partial charge is 0.331 e. The summed E-state index contributed by atoms with van der Waals surface area (Å²) in [5, 5.41) is 0. The standard InChI is InChI=1S/C14H23F3N2O/c1-10(11-3-4-11)19(9-14(15,16)17)12(20)7-13(8-18)5-2-6-13/h10-11H,2-9,18H2,1H3. The molecule has 2 saturated carbocycles. The van der Waals surface area contributed by atoms with Crippen LogP contribution in [0.5, 0.6) is 0 Å². The predicted octanol–water partition coefficient (Wildman–Crippen LogP) is 2.69. The highest BCUT2D eigenvalue weighted by Crippen LogP contribution is 2.44. The first-order chi connectivity index (χ1) is 9.26. The van der Waals surface area contributed by atoms with Crippen LogP contribution < -0.4 is 5.73 Å². The van der Waals surface area contributed by atoms with Crippen LogP contribution in [0.3, 0.4) is 0 Å². The Morgan fingerprint density at radius 1 is 1.40 bits per heavy atom. The number of hydrogen-bond acceptors (Lipinski definition) is 2. The third kappa shape index (κ3) is 3.65. The molecular weight excluding hydrogens is 269 g/mol. The molecule has 2 aliphatic carbocycles. The molecule has 0 aromatic heterocycles. The van der Waals surface area contributed by atoms with Gasteiger partial charge in [0.05, 0.1) is 0 Å². The number of nitrogens with zero attached hydrogens (tertiary/aromatic N) is 1. The van der Waals surface area contributed by atoms with E-state index in [2.05, 4.69) is 0 Å². The number of carbonyl (C=O) groups is 1. The summed E-state index contributed by atoms with van der Waals surface area (Å²) in [5.74, 6) is -0.150. The van der Waals surface area contributed by atoms with E-state index in [0.717, 1.165) is 37.0 Å². The Bertz CT molecular complexity index is 356. The molecule has 2 N–H and O–H groups in total. The van der Waals surface area contributed by atoms with Gasteiger partial charge in [0.15, 0.2) is 0 Å². The van der Waals surface area contributed by atoms with Gasteiger partial charge in [-0.15, -0.1) is 0 Å². The lowest BCUT2D eigenvalue weighted by Crippen LogP contribution is -2.49. The number of rotatable bonds is 6. The molecule has 1 atom stereocenters. The van der Waals surface area contributed by atoms with E-state index in [4.69, 9.17) is 5.73 Å². The summed E-state index contributed by atoms with van der Waals surface area (Å²) in [6.07, 6.45) is 0.391. The summed E-state index contributed by atoms with van der Waals surface area (Å²) in [7, 11) is 0. The van der Waals surface area contributed by atoms with Gasteiger partial charge in [0.2, 0.25) is 5.91 Å². The van der Waals surface area contributed by atoms with Crippen molar-refractivity contribution in [3.63, 3.8) is 0 Å². The fourth-order valence-corrected chi connectivity index (χ4v) is 3.04. The van der Waals surface area contributed by atoms with Crippen molar-refractivity contribution in [2.75, 3.05) is 13.1 Å². The highest BCUT2D eigenvalue weighted by Gasteiger charge is 2.44. The van der Waals surface area contributed by atoms with E-state index in [9.17, 15) is 18.0 Å². The number of alkyl halides is 3. The normalized spacial score (nSPS) is 23.1. The fourth-order valence-electron chi connectivity index (χ4n) is 3.04. The quantitative estimate of drug-likeness (QED) is 0.818. The van der Waals surface area contributed by atoms with Crippen LogP contribution in [0.1, 0.15) is 45.4 Å². The Morgan fingerprint density at radius 3 is 2.35 bits per heavy atom. The molecule has 0 radical (unpaired) electrons. The zero-order valence-electron chi connectivity index (χ0n) is 11.9. The molecule has 1 unspecified atom stereocenters. The van der Waals surface area contributed by atoms with E-state index in [0.29, 0.717) is 6.54 Å². The van der Waals surface area contributed by atoms with E-state index in [1.54, 1.807) is 6.92 Å². The first-order valence-electron chi connectivity index (χ1n) is 7.33. The Morgan fingerprint density at radius 2 is 2.00 bits per heavy atom. The minimum Gasteiger partial charge on any atom is -0.331 e. The van der Waals surface area contributed by atoms with Crippen LogP contribution in [-0.2, 0) is 4.79 Å². The van der Waals surface area contributed by atoms with E-state index in [1.165, 1.54) is 0 Å². The lowest BCUT2D eigenvalue weighted by Gasteiger charge is -2.42. The van der Waals surface area contributed by atoms with Gasteiger partial charge in [-0.25, -0.2) is 0 Å². The van der Waals surface area contributed by atoms with Gasteiger partial charge in [0.25, 0.3) is 0 Å². The highest BCUT2D eigenvalue weighted by atomic mass is 19.4. The predicted molar refractivity (Wildman–Crippen MR) is 69.9 cm³/mol. The molecule has 0 aromatic carbocycles. The Hall–Kier alpha value is -0.780. The minimum absolute atomic E-state index is 0.163. The second-order valence-electron chi connectivity index (χ2n) is 6.45. The van der Waals surface area contributed by atoms with Crippen molar-refractivity contribution in [3.05, 3.63) is 0 Å². The molecule has 0 bridgehead atoms. The summed E-state index contributed by atoms with van der Waals surface area (Å²) >= 11 is 0. The largest absolute Gasteiger partial charge is 0.406 e. The fraction of sp³-hybridized carbons (Fsp3) is 0.929. The van der Waals surface area contributed by atoms with Gasteiger partial charge in [-0.3, -0.25) is 4.79 Å². The molecule has 0 spiro atoms. The summed E-state index contributed by atoms with van der Waals surface area (Å²) in [5.41, 5.74) is 5.45. The van der Waals surface area contributed by atoms with Crippen molar-refractivity contribution in [2.24, 2.45) is 17.1 Å². The molecule has 3 nitrogen and oxygen atoms in total. The summed E-state index contributed by atoms with van der Waals surface area (Å²) < 4.78 is 38.1. The SMILES string of the molecule is CC(C1CC1)N(CC(F)(F)F)C(=O)CC1(CN)CCC1. The van der Waals surface area contributed by atoms with E-state index in [-0.39, 0.29) is 29.7 Å². The highest BCUT2D eigenvalue weighted by molar-refractivity contribution is 5.77. The maximum absolute atomic E-state index is 12.7. The van der Waals surface area contributed by atoms with E-state index in [1.807, 2.05) is 0 Å². The van der Waals surface area contributed by atoms with Crippen LogP contribution in [-0.4, -0.2) is 36.1 Å². The molecule has 0 heterocycles. The Kier molecular flexibility index (Phi) is 4.33. The second kappa shape index (κ2) is 5.54. The van der Waals surface area contributed by atoms with Crippen LogP contribution in [0, 0.1) is 11.3 Å². The summed E-state index contributed by atoms with van der Waals surface area (Å²) in [4.78, 5) is 13.4. The number of nitrogens with two attached hydrogens (primary N) is 1. The van der Waals surface area contributed by atoms with Crippen molar-refractivity contribution in [1.82, 2.24) is 4.90 Å². The van der Waals surface area contributed by atoms with Gasteiger partial charge >= 0.3 is 6.18 Å². The molecule has 116 valence electrons. The molecule has 20 heavy (non-hydrogen) atoms. The third-order valence-corrected chi connectivity index (χ3v) is 4.84. The molecule has 2 aliphatic rings. The summed E-state index contributed by atoms with van der Waals surface area (Å²) in [6, 6.07) is -0.320. The second-order valence-corrected chi connectivity index (χ2v) is 6.45. The van der Waals surface area contributed by atoms with Gasteiger partial charge in [-0.2, -0.15) is 13.2 Å². The molecular formula is C14H23F3N2O. The minimum atomic E-state index is -4.34. The van der Waals surface area contributed by atoms with E-state index >= 15 is 0 Å². The maximum Gasteiger partial charge on any atom is 0.406 e. The molecule has 0 aliphatic heterocycles. The average molecular weight is 292 g/mol. The van der Waals surface area contributed by atoms with Crippen LogP contribution in [0.2, 0.25) is 0 Å². The molecule has 6 heteroatoms. The maximum atomic E-state index is 12.7. The van der Waals surface area contributed by atoms with Gasteiger partial charge in [-0.1, -0.05) is 6.42 Å². The lowest BCUT2D eigenvalue weighted by atomic mass is 9.66. The number of halogens is 3. The van der Waals surface area contributed by atoms with Crippen LogP contribution in [0.15, 0.2) is 0 Å². The lowest BCUT2D eigenvalue weighted by molar-refractivity contribution is -0.168. The number of amides is 1. The van der Waals surface area contributed by atoms with Crippen molar-refractivity contribution in [2.45, 2.75) is 57.7 Å². The molecule has 0 saturated heterocycles. The van der Waals surface area contributed by atoms with Gasteiger partial charge in [0.1, 0.15) is 6.54 Å². The first kappa shape index (κ1) is 15.6. The Balaban J connectivity index is 2.02. The van der Waals surface area contributed by atoms with Crippen molar-refractivity contribution < 1.29 is 18.0 Å². The Labute approximate surface area is 117 Å². The zero-order valence-corrected chi connectivity index (χ0v) is 11.9. The number of hydrogen-bond donors (Lipinski definition) is 1. The monoisotopic (exact) mass is 292 g/mol. The third-order valence-electron chi connectivity index (χ3n) is 4.84. The van der Waals surface area contributed by atoms with Crippen molar-refractivity contribution in [1.29, 1.82) is 0 Å². The van der Waals surface area contributed by atoms with Gasteiger partial charge < -0.3 is 10.6 Å². The van der Waals surface area contributed by atoms with E-state index < -0.39 is 12.7 Å². The van der Waals surface area contributed by atoms with Crippen molar-refractivity contribution >= 4 is 5.91 Å². The van der Waals surface area contributed by atoms with Crippen LogP contribution >= 0.6 is 0 Å². The number of carbonyl (C=O) groups excluding carboxylic acids is 1. The molecule has 0 aromatic rings. The topological polar surface area (TPSA) is 46.3 Å². The molecule has 2 fully saturated rings. The molecule has 1 amide bonds. The zero-order chi connectivity index (χ0) is 15.0. The van der Waals surface area contributed by atoms with Crippen molar-refractivity contribution in [3.8, 4) is 0 Å². The van der Waals surface area contributed by atoms with Gasteiger partial charge in [0, 0.05) is 12.5 Å². The summed E-state index contributed by atoms with van der Waals surface area (Å²) in [6.45, 7) is 0.984.